The van der Waals surface area contributed by atoms with E-state index < -0.39 is 11.6 Å². The van der Waals surface area contributed by atoms with Gasteiger partial charge in [0.25, 0.3) is 0 Å². The second-order valence-electron chi connectivity index (χ2n) is 5.23. The molecule has 3 aromatic rings. The van der Waals surface area contributed by atoms with Crippen LogP contribution in [0.1, 0.15) is 10.4 Å². The Bertz CT molecular complexity index is 834. The molecule has 2 aromatic carbocycles. The Morgan fingerprint density at radius 1 is 1.12 bits per heavy atom. The molecule has 124 valence electrons. The number of anilines is 2. The second kappa shape index (κ2) is 7.32. The van der Waals surface area contributed by atoms with E-state index in [0.29, 0.717) is 17.4 Å². The van der Waals surface area contributed by atoms with Gasteiger partial charge in [-0.1, -0.05) is 30.3 Å². The number of rotatable bonds is 5. The molecule has 0 aliphatic carbocycles. The van der Waals surface area contributed by atoms with E-state index in [9.17, 15) is 8.78 Å². The van der Waals surface area contributed by atoms with Crippen LogP contribution >= 0.6 is 23.1 Å². The summed E-state index contributed by atoms with van der Waals surface area (Å²) in [5.41, 5.74) is 1.35. The molecular weight excluding hydrogens is 346 g/mol. The molecule has 1 aromatic heterocycles. The summed E-state index contributed by atoms with van der Waals surface area (Å²) >= 11 is 3.07. The third kappa shape index (κ3) is 3.60. The highest BCUT2D eigenvalue weighted by molar-refractivity contribution is 7.98. The highest BCUT2D eigenvalue weighted by Crippen LogP contribution is 2.36. The zero-order valence-electron chi connectivity index (χ0n) is 13.3. The van der Waals surface area contributed by atoms with Crippen LogP contribution in [0.4, 0.5) is 19.6 Å². The van der Waals surface area contributed by atoms with E-state index in [1.54, 1.807) is 16.7 Å². The van der Waals surface area contributed by atoms with Gasteiger partial charge in [0.1, 0.15) is 16.7 Å². The maximum atomic E-state index is 14.4. The van der Waals surface area contributed by atoms with Crippen LogP contribution in [0.3, 0.4) is 0 Å². The van der Waals surface area contributed by atoms with Gasteiger partial charge in [-0.2, -0.15) is 0 Å². The van der Waals surface area contributed by atoms with Crippen LogP contribution in [0.15, 0.2) is 53.6 Å². The minimum absolute atomic E-state index is 0.321. The molecule has 2 nitrogen and oxygen atoms in total. The molecule has 0 aliphatic heterocycles. The standard InChI is InChI=1S/C18H16F2N2S2/c1-12-17(23-2)21-18(24-12)22(11-13-6-4-3-5-7-13)16-9-8-14(19)10-15(16)20/h3-10H,11H2,1-2H3. The molecule has 0 saturated heterocycles. The molecule has 3 rings (SSSR count). The number of benzene rings is 2. The van der Waals surface area contributed by atoms with Crippen LogP contribution < -0.4 is 4.90 Å². The lowest BCUT2D eigenvalue weighted by Gasteiger charge is -2.22. The van der Waals surface area contributed by atoms with Crippen molar-refractivity contribution in [1.82, 2.24) is 4.98 Å². The van der Waals surface area contributed by atoms with Crippen molar-refractivity contribution in [3.05, 3.63) is 70.6 Å². The number of halogens is 2. The lowest BCUT2D eigenvalue weighted by atomic mass is 10.2. The molecular formula is C18H16F2N2S2. The van der Waals surface area contributed by atoms with E-state index in [0.717, 1.165) is 21.5 Å². The smallest absolute Gasteiger partial charge is 0.191 e. The van der Waals surface area contributed by atoms with Gasteiger partial charge in [-0.3, -0.25) is 0 Å². The summed E-state index contributed by atoms with van der Waals surface area (Å²) in [6, 6.07) is 13.4. The minimum atomic E-state index is -0.593. The van der Waals surface area contributed by atoms with Crippen LogP contribution in [-0.2, 0) is 6.54 Å². The summed E-state index contributed by atoms with van der Waals surface area (Å²) in [7, 11) is 0. The first-order chi connectivity index (χ1) is 11.6. The van der Waals surface area contributed by atoms with E-state index in [1.807, 2.05) is 43.5 Å². The van der Waals surface area contributed by atoms with Crippen molar-refractivity contribution in [2.75, 3.05) is 11.2 Å². The van der Waals surface area contributed by atoms with E-state index >= 15 is 0 Å². The molecule has 0 fully saturated rings. The predicted octanol–water partition coefficient (Wildman–Crippen LogP) is 5.79. The largest absolute Gasteiger partial charge is 0.311 e. The van der Waals surface area contributed by atoms with Gasteiger partial charge in [-0.15, -0.1) is 23.1 Å². The molecule has 0 bridgehead atoms. The van der Waals surface area contributed by atoms with Crippen molar-refractivity contribution >= 4 is 33.9 Å². The fourth-order valence-corrected chi connectivity index (χ4v) is 4.11. The average molecular weight is 362 g/mol. The molecule has 0 N–H and O–H groups in total. The number of hydrogen-bond donors (Lipinski definition) is 0. The van der Waals surface area contributed by atoms with Crippen LogP contribution in [-0.4, -0.2) is 11.2 Å². The maximum Gasteiger partial charge on any atom is 0.191 e. The molecule has 0 spiro atoms. The summed E-state index contributed by atoms with van der Waals surface area (Å²) in [4.78, 5) is 7.49. The van der Waals surface area contributed by atoms with Crippen LogP contribution in [0.5, 0.6) is 0 Å². The Hall–Kier alpha value is -1.92. The van der Waals surface area contributed by atoms with Crippen molar-refractivity contribution in [1.29, 1.82) is 0 Å². The van der Waals surface area contributed by atoms with Gasteiger partial charge in [0.05, 0.1) is 12.2 Å². The van der Waals surface area contributed by atoms with Crippen LogP contribution in [0.25, 0.3) is 0 Å². The molecule has 1 heterocycles. The number of thioether (sulfide) groups is 1. The molecule has 0 radical (unpaired) electrons. The van der Waals surface area contributed by atoms with Crippen molar-refractivity contribution < 1.29 is 8.78 Å². The monoisotopic (exact) mass is 362 g/mol. The summed E-state index contributed by atoms with van der Waals surface area (Å²) in [5, 5.41) is 1.63. The lowest BCUT2D eigenvalue weighted by Crippen LogP contribution is -2.17. The number of hydrogen-bond acceptors (Lipinski definition) is 4. The van der Waals surface area contributed by atoms with Gasteiger partial charge in [-0.05, 0) is 30.9 Å². The van der Waals surface area contributed by atoms with Gasteiger partial charge in [0.2, 0.25) is 0 Å². The molecule has 0 unspecified atom stereocenters. The second-order valence-corrected chi connectivity index (χ2v) is 7.21. The minimum Gasteiger partial charge on any atom is -0.311 e. The highest BCUT2D eigenvalue weighted by atomic mass is 32.2. The van der Waals surface area contributed by atoms with Gasteiger partial charge in [0, 0.05) is 10.9 Å². The summed E-state index contributed by atoms with van der Waals surface area (Å²) < 4.78 is 27.7. The number of nitrogens with zero attached hydrogens (tertiary/aromatic N) is 2. The van der Waals surface area contributed by atoms with E-state index in [4.69, 9.17) is 0 Å². The summed E-state index contributed by atoms with van der Waals surface area (Å²) in [6.45, 7) is 2.46. The Kier molecular flexibility index (Phi) is 5.16. The first-order valence-corrected chi connectivity index (χ1v) is 9.40. The summed E-state index contributed by atoms with van der Waals surface area (Å²) in [5.74, 6) is -1.18. The number of aryl methyl sites for hydroxylation is 1. The van der Waals surface area contributed by atoms with Gasteiger partial charge in [-0.25, -0.2) is 13.8 Å². The molecule has 0 aliphatic rings. The quantitative estimate of drug-likeness (QED) is 0.535. The predicted molar refractivity (Wildman–Crippen MR) is 97.3 cm³/mol. The Morgan fingerprint density at radius 2 is 1.88 bits per heavy atom. The average Bonchev–Trinajstić information content (AvgIpc) is 2.95. The zero-order valence-corrected chi connectivity index (χ0v) is 14.9. The van der Waals surface area contributed by atoms with Crippen LogP contribution in [0, 0.1) is 18.6 Å². The molecule has 0 saturated carbocycles. The van der Waals surface area contributed by atoms with E-state index in [-0.39, 0.29) is 0 Å². The molecule has 24 heavy (non-hydrogen) atoms. The maximum absolute atomic E-state index is 14.4. The van der Waals surface area contributed by atoms with Gasteiger partial charge < -0.3 is 4.90 Å². The van der Waals surface area contributed by atoms with Crippen molar-refractivity contribution in [3.63, 3.8) is 0 Å². The lowest BCUT2D eigenvalue weighted by molar-refractivity contribution is 0.582. The van der Waals surface area contributed by atoms with Gasteiger partial charge >= 0.3 is 0 Å². The first-order valence-electron chi connectivity index (χ1n) is 7.36. The van der Waals surface area contributed by atoms with Crippen molar-refractivity contribution in [2.24, 2.45) is 0 Å². The zero-order chi connectivity index (χ0) is 17.1. The highest BCUT2D eigenvalue weighted by Gasteiger charge is 2.19. The van der Waals surface area contributed by atoms with Crippen LogP contribution in [0.2, 0.25) is 0 Å². The summed E-state index contributed by atoms with van der Waals surface area (Å²) in [6.07, 6.45) is 1.96. The van der Waals surface area contributed by atoms with Gasteiger partial charge in [0.15, 0.2) is 5.13 Å². The normalized spacial score (nSPS) is 10.8. The van der Waals surface area contributed by atoms with E-state index in [1.165, 1.54) is 23.5 Å². The first kappa shape index (κ1) is 16.9. The fourth-order valence-electron chi connectivity index (χ4n) is 2.40. The third-order valence-electron chi connectivity index (χ3n) is 3.55. The SMILES string of the molecule is CSc1nc(N(Cc2ccccc2)c2ccc(F)cc2F)sc1C. The number of aromatic nitrogens is 1. The number of thiazole rings is 1. The van der Waals surface area contributed by atoms with Crippen molar-refractivity contribution in [2.45, 2.75) is 18.5 Å². The van der Waals surface area contributed by atoms with E-state index in [2.05, 4.69) is 4.98 Å². The molecule has 0 atom stereocenters. The Balaban J connectivity index is 2.05. The van der Waals surface area contributed by atoms with Crippen molar-refractivity contribution in [3.8, 4) is 0 Å². The molecule has 6 heteroatoms. The molecule has 0 amide bonds. The fraction of sp³-hybridized carbons (Fsp3) is 0.167. The third-order valence-corrected chi connectivity index (χ3v) is 5.46. The topological polar surface area (TPSA) is 16.1 Å². The Labute approximate surface area is 148 Å². The Morgan fingerprint density at radius 3 is 2.50 bits per heavy atom.